The molecule has 0 aliphatic carbocycles. The van der Waals surface area contributed by atoms with E-state index in [9.17, 15) is 4.79 Å². The van der Waals surface area contributed by atoms with Gasteiger partial charge in [0.2, 0.25) is 0 Å². The van der Waals surface area contributed by atoms with Crippen LogP contribution in [0.4, 0.5) is 16.2 Å². The number of nitrogens with one attached hydrogen (secondary N) is 1. The van der Waals surface area contributed by atoms with Crippen LogP contribution in [0.25, 0.3) is 0 Å². The Balaban J connectivity index is 1.96. The number of nitrogens with two attached hydrogens (primary N) is 1. The minimum Gasteiger partial charge on any atom is -0.399 e. The third kappa shape index (κ3) is 3.97. The molecule has 100 valence electrons. The van der Waals surface area contributed by atoms with E-state index in [0.717, 1.165) is 9.35 Å². The molecule has 1 aromatic heterocycles. The lowest BCUT2D eigenvalue weighted by atomic mass is 10.3. The first-order valence-electron chi connectivity index (χ1n) is 5.65. The smallest absolute Gasteiger partial charge is 0.321 e. The molecule has 0 saturated heterocycles. The minimum atomic E-state index is -0.159. The molecule has 2 amide bonds. The van der Waals surface area contributed by atoms with Gasteiger partial charge in [-0.25, -0.2) is 4.79 Å². The van der Waals surface area contributed by atoms with Gasteiger partial charge in [0.15, 0.2) is 0 Å². The monoisotopic (exact) mass is 339 g/mol. The lowest BCUT2D eigenvalue weighted by Gasteiger charge is -2.17. The maximum atomic E-state index is 12.0. The second-order valence-electron chi connectivity index (χ2n) is 4.17. The third-order valence-electron chi connectivity index (χ3n) is 2.53. The van der Waals surface area contributed by atoms with Crippen LogP contribution in [-0.2, 0) is 6.54 Å². The fourth-order valence-corrected chi connectivity index (χ4v) is 2.81. The normalized spacial score (nSPS) is 10.2. The Labute approximate surface area is 124 Å². The summed E-state index contributed by atoms with van der Waals surface area (Å²) in [5.74, 6) is 0. The Kier molecular flexibility index (Phi) is 4.44. The summed E-state index contributed by atoms with van der Waals surface area (Å²) in [4.78, 5) is 13.6. The second-order valence-corrected chi connectivity index (χ2v) is 6.46. The number of hydrogen-bond donors (Lipinski definition) is 2. The van der Waals surface area contributed by atoms with E-state index in [1.54, 1.807) is 41.5 Å². The van der Waals surface area contributed by atoms with Crippen LogP contribution in [0.5, 0.6) is 0 Å². The Morgan fingerprint density at radius 1 is 1.47 bits per heavy atom. The molecule has 1 aromatic carbocycles. The lowest BCUT2D eigenvalue weighted by molar-refractivity contribution is 0.221. The van der Waals surface area contributed by atoms with Gasteiger partial charge < -0.3 is 16.0 Å². The van der Waals surface area contributed by atoms with Crippen LogP contribution in [0.2, 0.25) is 0 Å². The number of halogens is 1. The molecule has 1 heterocycles. The lowest BCUT2D eigenvalue weighted by Crippen LogP contribution is -2.30. The second kappa shape index (κ2) is 6.08. The number of carbonyl (C=O) groups excluding carboxylic acids is 1. The summed E-state index contributed by atoms with van der Waals surface area (Å²) < 4.78 is 1.06. The number of benzene rings is 1. The van der Waals surface area contributed by atoms with Gasteiger partial charge >= 0.3 is 6.03 Å². The van der Waals surface area contributed by atoms with Crippen molar-refractivity contribution >= 4 is 44.7 Å². The zero-order chi connectivity index (χ0) is 13.8. The van der Waals surface area contributed by atoms with E-state index < -0.39 is 0 Å². The number of thiophene rings is 1. The molecule has 3 N–H and O–H groups in total. The number of nitrogens with zero attached hydrogens (tertiary/aromatic N) is 1. The summed E-state index contributed by atoms with van der Waals surface area (Å²) in [5.41, 5.74) is 8.09. The summed E-state index contributed by atoms with van der Waals surface area (Å²) in [7, 11) is 1.76. The number of anilines is 2. The van der Waals surface area contributed by atoms with Gasteiger partial charge in [-0.3, -0.25) is 0 Å². The van der Waals surface area contributed by atoms with E-state index in [1.807, 2.05) is 17.5 Å². The zero-order valence-electron chi connectivity index (χ0n) is 10.4. The fraction of sp³-hybridized carbons (Fsp3) is 0.154. The molecular formula is C13H14BrN3OS. The van der Waals surface area contributed by atoms with Gasteiger partial charge in [-0.2, -0.15) is 0 Å². The number of rotatable bonds is 3. The molecular weight excluding hydrogens is 326 g/mol. The maximum absolute atomic E-state index is 12.0. The van der Waals surface area contributed by atoms with Crippen LogP contribution in [-0.4, -0.2) is 18.0 Å². The minimum absolute atomic E-state index is 0.159. The maximum Gasteiger partial charge on any atom is 0.321 e. The average Bonchev–Trinajstić information content (AvgIpc) is 2.74. The summed E-state index contributed by atoms with van der Waals surface area (Å²) in [6.45, 7) is 0.566. The van der Waals surface area contributed by atoms with Crippen molar-refractivity contribution in [3.05, 3.63) is 45.1 Å². The van der Waals surface area contributed by atoms with Crippen molar-refractivity contribution in [3.8, 4) is 0 Å². The largest absolute Gasteiger partial charge is 0.399 e. The molecule has 4 nitrogen and oxygen atoms in total. The number of urea groups is 1. The topological polar surface area (TPSA) is 58.4 Å². The van der Waals surface area contributed by atoms with Crippen LogP contribution in [0.15, 0.2) is 39.5 Å². The molecule has 2 rings (SSSR count). The summed E-state index contributed by atoms with van der Waals surface area (Å²) in [6.07, 6.45) is 0. The molecule has 2 aromatic rings. The van der Waals surface area contributed by atoms with Gasteiger partial charge in [0, 0.05) is 25.0 Å². The first-order valence-corrected chi connectivity index (χ1v) is 7.32. The first kappa shape index (κ1) is 13.9. The third-order valence-corrected chi connectivity index (χ3v) is 4.08. The molecule has 0 unspecified atom stereocenters. The molecule has 0 aliphatic rings. The molecule has 0 fully saturated rings. The van der Waals surface area contributed by atoms with E-state index >= 15 is 0 Å². The van der Waals surface area contributed by atoms with Gasteiger partial charge in [0.25, 0.3) is 0 Å². The number of amides is 2. The van der Waals surface area contributed by atoms with Gasteiger partial charge in [0.1, 0.15) is 0 Å². The van der Waals surface area contributed by atoms with Gasteiger partial charge in [-0.1, -0.05) is 6.07 Å². The first-order chi connectivity index (χ1) is 9.04. The van der Waals surface area contributed by atoms with Crippen LogP contribution in [0.1, 0.15) is 5.56 Å². The van der Waals surface area contributed by atoms with Gasteiger partial charge in [-0.05, 0) is 51.1 Å². The highest BCUT2D eigenvalue weighted by Crippen LogP contribution is 2.21. The summed E-state index contributed by atoms with van der Waals surface area (Å²) in [5, 5.41) is 4.83. The van der Waals surface area contributed by atoms with Crippen LogP contribution < -0.4 is 11.1 Å². The number of nitrogen functional groups attached to an aromatic ring is 1. The van der Waals surface area contributed by atoms with Crippen molar-refractivity contribution in [1.82, 2.24) is 4.90 Å². The van der Waals surface area contributed by atoms with Crippen molar-refractivity contribution in [3.63, 3.8) is 0 Å². The van der Waals surface area contributed by atoms with Crippen molar-refractivity contribution in [1.29, 1.82) is 0 Å². The Bertz CT molecular complexity index is 585. The molecule has 0 atom stereocenters. The molecule has 0 saturated carbocycles. The van der Waals surface area contributed by atoms with Crippen molar-refractivity contribution < 1.29 is 4.79 Å². The molecule has 0 spiro atoms. The van der Waals surface area contributed by atoms with Crippen molar-refractivity contribution in [2.24, 2.45) is 0 Å². The van der Waals surface area contributed by atoms with E-state index in [0.29, 0.717) is 17.9 Å². The highest BCUT2D eigenvalue weighted by atomic mass is 79.9. The van der Waals surface area contributed by atoms with Crippen LogP contribution in [0.3, 0.4) is 0 Å². The quantitative estimate of drug-likeness (QED) is 0.836. The fourth-order valence-electron chi connectivity index (χ4n) is 1.61. The average molecular weight is 340 g/mol. The van der Waals surface area contributed by atoms with E-state index in [2.05, 4.69) is 21.2 Å². The standard InChI is InChI=1S/C13H14BrN3OS/c1-17(7-9-5-12(14)19-8-9)13(18)16-11-4-2-3-10(15)6-11/h2-6,8H,7,15H2,1H3,(H,16,18). The van der Waals surface area contributed by atoms with E-state index in [1.165, 1.54) is 0 Å². The highest BCUT2D eigenvalue weighted by molar-refractivity contribution is 9.11. The predicted molar refractivity (Wildman–Crippen MR) is 83.4 cm³/mol. The van der Waals surface area contributed by atoms with E-state index in [-0.39, 0.29) is 6.03 Å². The van der Waals surface area contributed by atoms with Crippen LogP contribution >= 0.6 is 27.3 Å². The molecule has 6 heteroatoms. The Hall–Kier alpha value is -1.53. The Morgan fingerprint density at radius 3 is 2.89 bits per heavy atom. The zero-order valence-corrected chi connectivity index (χ0v) is 12.8. The van der Waals surface area contributed by atoms with Crippen molar-refractivity contribution in [2.45, 2.75) is 6.54 Å². The van der Waals surface area contributed by atoms with Crippen molar-refractivity contribution in [2.75, 3.05) is 18.1 Å². The SMILES string of the molecule is CN(Cc1csc(Br)c1)C(=O)Nc1cccc(N)c1. The molecule has 0 bridgehead atoms. The molecule has 19 heavy (non-hydrogen) atoms. The Morgan fingerprint density at radius 2 is 2.26 bits per heavy atom. The molecule has 0 aliphatic heterocycles. The predicted octanol–water partition coefficient (Wildman–Crippen LogP) is 3.76. The number of hydrogen-bond acceptors (Lipinski definition) is 3. The van der Waals surface area contributed by atoms with Crippen LogP contribution in [0, 0.1) is 0 Å². The highest BCUT2D eigenvalue weighted by Gasteiger charge is 2.10. The van der Waals surface area contributed by atoms with Gasteiger partial charge in [0.05, 0.1) is 3.79 Å². The molecule has 0 radical (unpaired) electrons. The number of carbonyl (C=O) groups is 1. The summed E-state index contributed by atoms with van der Waals surface area (Å²) in [6, 6.07) is 8.97. The summed E-state index contributed by atoms with van der Waals surface area (Å²) >= 11 is 5.01. The van der Waals surface area contributed by atoms with Gasteiger partial charge in [-0.15, -0.1) is 11.3 Å². The van der Waals surface area contributed by atoms with E-state index in [4.69, 9.17) is 5.73 Å².